The first kappa shape index (κ1) is 7.63. The van der Waals surface area contributed by atoms with Gasteiger partial charge in [-0.05, 0) is 13.3 Å². The highest BCUT2D eigenvalue weighted by Gasteiger charge is 1.92. The Balaban J connectivity index is 2.97. The molecule has 0 aromatic heterocycles. The van der Waals surface area contributed by atoms with Crippen LogP contribution in [0, 0.1) is 0 Å². The van der Waals surface area contributed by atoms with Crippen molar-refractivity contribution >= 4 is 6.29 Å². The zero-order chi connectivity index (χ0) is 6.41. The fourth-order valence-corrected chi connectivity index (χ4v) is 0.360. The second-order valence-electron chi connectivity index (χ2n) is 1.83. The van der Waals surface area contributed by atoms with Crippen molar-refractivity contribution in [2.45, 2.75) is 26.3 Å². The topological polar surface area (TPSA) is 29.1 Å². The Morgan fingerprint density at radius 1 is 1.75 bits per heavy atom. The van der Waals surface area contributed by atoms with E-state index in [1.807, 2.05) is 6.92 Å². The van der Waals surface area contributed by atoms with Crippen LogP contribution in [0.1, 0.15) is 20.3 Å². The van der Waals surface area contributed by atoms with Crippen LogP contribution in [0.5, 0.6) is 0 Å². The molecular formula is C6H12NO. The molecule has 0 aliphatic heterocycles. The summed E-state index contributed by atoms with van der Waals surface area (Å²) in [6.07, 6.45) is 2.83. The van der Waals surface area contributed by atoms with Crippen molar-refractivity contribution in [3.63, 3.8) is 0 Å². The molecule has 0 heterocycles. The van der Waals surface area contributed by atoms with E-state index in [0.29, 0.717) is 12.6 Å². The normalized spacial score (nSPS) is 13.2. The summed E-state index contributed by atoms with van der Waals surface area (Å²) >= 11 is 0. The number of rotatable bonds is 4. The summed E-state index contributed by atoms with van der Waals surface area (Å²) in [6, 6.07) is 0.441. The van der Waals surface area contributed by atoms with E-state index in [1.54, 1.807) is 6.29 Å². The van der Waals surface area contributed by atoms with Gasteiger partial charge in [0.2, 0.25) is 6.29 Å². The smallest absolute Gasteiger partial charge is 0.213 e. The van der Waals surface area contributed by atoms with Gasteiger partial charge in [-0.2, -0.15) is 0 Å². The van der Waals surface area contributed by atoms with Gasteiger partial charge in [-0.1, -0.05) is 6.92 Å². The zero-order valence-corrected chi connectivity index (χ0v) is 5.40. The third kappa shape index (κ3) is 3.81. The first-order chi connectivity index (χ1) is 3.81. The lowest BCUT2D eigenvalue weighted by atomic mass is 10.3. The van der Waals surface area contributed by atoms with Gasteiger partial charge >= 0.3 is 0 Å². The van der Waals surface area contributed by atoms with Crippen LogP contribution in [0.3, 0.4) is 0 Å². The van der Waals surface area contributed by atoms with Crippen LogP contribution in [0.25, 0.3) is 0 Å². The molecule has 1 N–H and O–H groups in total. The quantitative estimate of drug-likeness (QED) is 0.576. The summed E-state index contributed by atoms with van der Waals surface area (Å²) in [7, 11) is 0. The molecule has 0 aromatic rings. The number of hydrogen-bond acceptors (Lipinski definition) is 2. The highest BCUT2D eigenvalue weighted by Crippen LogP contribution is 1.84. The van der Waals surface area contributed by atoms with Crippen LogP contribution in [0.4, 0.5) is 0 Å². The molecule has 0 aromatic carbocycles. The van der Waals surface area contributed by atoms with Crippen LogP contribution in [0.15, 0.2) is 0 Å². The van der Waals surface area contributed by atoms with Gasteiger partial charge in [-0.3, -0.25) is 4.79 Å². The average Bonchev–Trinajstić information content (AvgIpc) is 1.83. The lowest BCUT2D eigenvalue weighted by Crippen LogP contribution is -2.26. The van der Waals surface area contributed by atoms with Crippen LogP contribution < -0.4 is 5.32 Å². The van der Waals surface area contributed by atoms with Crippen molar-refractivity contribution in [3.8, 4) is 0 Å². The van der Waals surface area contributed by atoms with Gasteiger partial charge in [0.05, 0.1) is 6.54 Å². The predicted molar refractivity (Wildman–Crippen MR) is 33.4 cm³/mol. The second kappa shape index (κ2) is 4.78. The van der Waals surface area contributed by atoms with E-state index in [1.165, 1.54) is 0 Å². The molecule has 1 unspecified atom stereocenters. The Labute approximate surface area is 50.3 Å². The van der Waals surface area contributed by atoms with Gasteiger partial charge in [-0.25, -0.2) is 0 Å². The molecule has 0 aliphatic rings. The SMILES string of the molecule is CCC(C)NC[C]=O. The van der Waals surface area contributed by atoms with Crippen LogP contribution in [-0.4, -0.2) is 18.9 Å². The van der Waals surface area contributed by atoms with Gasteiger partial charge in [-0.15, -0.1) is 0 Å². The highest BCUT2D eigenvalue weighted by atomic mass is 16.1. The first-order valence-electron chi connectivity index (χ1n) is 2.89. The minimum Gasteiger partial charge on any atom is -0.307 e. The molecule has 1 atom stereocenters. The molecule has 0 saturated carbocycles. The standard InChI is InChI=1S/C6H12NO/c1-3-6(2)7-4-5-8/h6-7H,3-4H2,1-2H3. The number of hydrogen-bond donors (Lipinski definition) is 1. The van der Waals surface area contributed by atoms with Gasteiger partial charge in [0.15, 0.2) is 0 Å². The Kier molecular flexibility index (Phi) is 4.56. The Morgan fingerprint density at radius 2 is 2.38 bits per heavy atom. The van der Waals surface area contributed by atoms with Crippen LogP contribution in [0.2, 0.25) is 0 Å². The maximum absolute atomic E-state index is 9.64. The molecule has 0 bridgehead atoms. The van der Waals surface area contributed by atoms with Gasteiger partial charge < -0.3 is 5.32 Å². The van der Waals surface area contributed by atoms with Gasteiger partial charge in [0.1, 0.15) is 0 Å². The van der Waals surface area contributed by atoms with Crippen LogP contribution in [-0.2, 0) is 4.79 Å². The summed E-state index contributed by atoms with van der Waals surface area (Å²) in [6.45, 7) is 4.47. The Bertz CT molecular complexity index is 63.5. The Hall–Kier alpha value is -0.370. The van der Waals surface area contributed by atoms with Gasteiger partial charge in [0, 0.05) is 6.04 Å². The summed E-state index contributed by atoms with van der Waals surface area (Å²) in [5.41, 5.74) is 0. The predicted octanol–water partition coefficient (Wildman–Crippen LogP) is 0.484. The minimum atomic E-state index is 0.356. The van der Waals surface area contributed by atoms with Crippen LogP contribution >= 0.6 is 0 Å². The summed E-state index contributed by atoms with van der Waals surface area (Å²) < 4.78 is 0. The zero-order valence-electron chi connectivity index (χ0n) is 5.40. The maximum atomic E-state index is 9.64. The van der Waals surface area contributed by atoms with Crippen molar-refractivity contribution in [3.05, 3.63) is 0 Å². The van der Waals surface area contributed by atoms with E-state index >= 15 is 0 Å². The number of carbonyl (C=O) groups excluding carboxylic acids is 1. The summed E-state index contributed by atoms with van der Waals surface area (Å²) in [5.74, 6) is 0. The van der Waals surface area contributed by atoms with E-state index in [-0.39, 0.29) is 0 Å². The molecule has 47 valence electrons. The fourth-order valence-electron chi connectivity index (χ4n) is 0.360. The molecule has 2 heteroatoms. The molecule has 0 spiro atoms. The van der Waals surface area contributed by atoms with Crippen molar-refractivity contribution in [2.24, 2.45) is 0 Å². The maximum Gasteiger partial charge on any atom is 0.213 e. The average molecular weight is 114 g/mol. The monoisotopic (exact) mass is 114 g/mol. The molecule has 0 saturated heterocycles. The molecular weight excluding hydrogens is 102 g/mol. The molecule has 0 rings (SSSR count). The number of nitrogens with one attached hydrogen (secondary N) is 1. The fraction of sp³-hybridized carbons (Fsp3) is 0.833. The summed E-state index contributed by atoms with van der Waals surface area (Å²) in [5, 5.41) is 2.96. The molecule has 0 fully saturated rings. The third-order valence-corrected chi connectivity index (χ3v) is 1.14. The molecule has 8 heavy (non-hydrogen) atoms. The van der Waals surface area contributed by atoms with E-state index in [0.717, 1.165) is 6.42 Å². The minimum absolute atomic E-state index is 0.356. The largest absolute Gasteiger partial charge is 0.307 e. The van der Waals surface area contributed by atoms with Gasteiger partial charge in [0.25, 0.3) is 0 Å². The molecule has 1 radical (unpaired) electrons. The van der Waals surface area contributed by atoms with E-state index in [9.17, 15) is 4.79 Å². The summed E-state index contributed by atoms with van der Waals surface area (Å²) in [4.78, 5) is 9.64. The molecule has 0 aliphatic carbocycles. The third-order valence-electron chi connectivity index (χ3n) is 1.14. The highest BCUT2D eigenvalue weighted by molar-refractivity contribution is 5.52. The van der Waals surface area contributed by atoms with Crippen molar-refractivity contribution in [2.75, 3.05) is 6.54 Å². The van der Waals surface area contributed by atoms with Crippen molar-refractivity contribution in [1.82, 2.24) is 5.32 Å². The molecule has 2 nitrogen and oxygen atoms in total. The van der Waals surface area contributed by atoms with E-state index in [4.69, 9.17) is 0 Å². The molecule has 0 amide bonds. The van der Waals surface area contributed by atoms with Crippen molar-refractivity contribution in [1.29, 1.82) is 0 Å². The lowest BCUT2D eigenvalue weighted by molar-refractivity contribution is 0.526. The van der Waals surface area contributed by atoms with E-state index < -0.39 is 0 Å². The first-order valence-corrected chi connectivity index (χ1v) is 2.89. The van der Waals surface area contributed by atoms with E-state index in [2.05, 4.69) is 12.2 Å². The second-order valence-corrected chi connectivity index (χ2v) is 1.83. The lowest BCUT2D eigenvalue weighted by Gasteiger charge is -2.05. The van der Waals surface area contributed by atoms with Crippen molar-refractivity contribution < 1.29 is 4.79 Å². The Morgan fingerprint density at radius 3 is 2.75 bits per heavy atom.